The van der Waals surface area contributed by atoms with Gasteiger partial charge in [0.1, 0.15) is 11.4 Å². The van der Waals surface area contributed by atoms with E-state index in [2.05, 4.69) is 15.0 Å². The van der Waals surface area contributed by atoms with Crippen molar-refractivity contribution in [1.82, 2.24) is 9.97 Å². The first-order valence-electron chi connectivity index (χ1n) is 5.25. The first-order chi connectivity index (χ1) is 8.31. The Morgan fingerprint density at radius 2 is 2.18 bits per heavy atom. The Labute approximate surface area is 100 Å². The van der Waals surface area contributed by atoms with Crippen molar-refractivity contribution < 1.29 is 4.74 Å². The van der Waals surface area contributed by atoms with Gasteiger partial charge in [0, 0.05) is 12.4 Å². The summed E-state index contributed by atoms with van der Waals surface area (Å²) in [4.78, 5) is 12.4. The lowest BCUT2D eigenvalue weighted by atomic mass is 10.2. The molecule has 0 amide bonds. The number of benzene rings is 1. The van der Waals surface area contributed by atoms with Gasteiger partial charge in [-0.05, 0) is 18.6 Å². The smallest absolute Gasteiger partial charge is 0.147 e. The largest absolute Gasteiger partial charge is 0.494 e. The van der Waals surface area contributed by atoms with Crippen molar-refractivity contribution in [2.24, 2.45) is 4.99 Å². The van der Waals surface area contributed by atoms with Crippen LogP contribution in [0.4, 0.5) is 5.69 Å². The molecule has 1 aromatic heterocycles. The molecule has 1 aromatic carbocycles. The average Bonchev–Trinajstić information content (AvgIpc) is 2.37. The van der Waals surface area contributed by atoms with Crippen LogP contribution in [-0.4, -0.2) is 23.3 Å². The third-order valence-corrected chi connectivity index (χ3v) is 2.31. The van der Waals surface area contributed by atoms with E-state index in [1.165, 1.54) is 0 Å². The Balaban J connectivity index is 2.30. The van der Waals surface area contributed by atoms with Gasteiger partial charge in [0.25, 0.3) is 0 Å². The van der Waals surface area contributed by atoms with E-state index in [0.29, 0.717) is 0 Å². The summed E-state index contributed by atoms with van der Waals surface area (Å²) in [6, 6.07) is 5.83. The minimum absolute atomic E-state index is 0.719. The van der Waals surface area contributed by atoms with Gasteiger partial charge in [0.2, 0.25) is 0 Å². The van der Waals surface area contributed by atoms with Crippen molar-refractivity contribution in [3.8, 4) is 5.75 Å². The first kappa shape index (κ1) is 11.3. The Morgan fingerprint density at radius 3 is 2.88 bits per heavy atom. The molecule has 0 atom stereocenters. The molecule has 0 unspecified atom stereocenters. The van der Waals surface area contributed by atoms with Crippen LogP contribution in [0, 0.1) is 6.92 Å². The molecule has 0 bridgehead atoms. The van der Waals surface area contributed by atoms with E-state index < -0.39 is 0 Å². The summed E-state index contributed by atoms with van der Waals surface area (Å²) in [7, 11) is 1.64. The fraction of sp³-hybridized carbons (Fsp3) is 0.154. The van der Waals surface area contributed by atoms with Crippen LogP contribution in [0.25, 0.3) is 0 Å². The molecule has 1 heterocycles. The Kier molecular flexibility index (Phi) is 3.45. The second-order valence-corrected chi connectivity index (χ2v) is 3.52. The van der Waals surface area contributed by atoms with Crippen molar-refractivity contribution in [1.29, 1.82) is 0 Å². The molecule has 0 aliphatic carbocycles. The Hall–Kier alpha value is -2.23. The van der Waals surface area contributed by atoms with Gasteiger partial charge in [-0.1, -0.05) is 12.1 Å². The second-order valence-electron chi connectivity index (χ2n) is 3.52. The van der Waals surface area contributed by atoms with E-state index in [4.69, 9.17) is 4.74 Å². The van der Waals surface area contributed by atoms with Gasteiger partial charge < -0.3 is 4.74 Å². The number of ether oxygens (including phenoxy) is 1. The maximum atomic E-state index is 5.31. The van der Waals surface area contributed by atoms with Crippen molar-refractivity contribution in [2.75, 3.05) is 7.11 Å². The van der Waals surface area contributed by atoms with Gasteiger partial charge >= 0.3 is 0 Å². The van der Waals surface area contributed by atoms with E-state index >= 15 is 0 Å². The number of aryl methyl sites for hydroxylation is 1. The highest BCUT2D eigenvalue weighted by Gasteiger charge is 2.03. The van der Waals surface area contributed by atoms with E-state index in [1.54, 1.807) is 31.9 Å². The van der Waals surface area contributed by atoms with E-state index in [0.717, 1.165) is 22.7 Å². The summed E-state index contributed by atoms with van der Waals surface area (Å²) in [5.74, 6) is 0.785. The molecule has 17 heavy (non-hydrogen) atoms. The summed E-state index contributed by atoms with van der Waals surface area (Å²) < 4.78 is 5.31. The number of hydrogen-bond acceptors (Lipinski definition) is 4. The third-order valence-electron chi connectivity index (χ3n) is 2.31. The molecule has 0 saturated heterocycles. The fourth-order valence-corrected chi connectivity index (χ4v) is 1.52. The molecule has 0 saturated carbocycles. The van der Waals surface area contributed by atoms with Gasteiger partial charge in [0.05, 0.1) is 25.2 Å². The number of aliphatic imine (C=N–C) groups is 1. The van der Waals surface area contributed by atoms with Crippen LogP contribution in [0.3, 0.4) is 0 Å². The molecule has 0 aliphatic heterocycles. The average molecular weight is 227 g/mol. The molecule has 0 N–H and O–H groups in total. The number of aromatic nitrogens is 2. The van der Waals surface area contributed by atoms with Crippen LogP contribution in [-0.2, 0) is 0 Å². The summed E-state index contributed by atoms with van der Waals surface area (Å²) in [6.45, 7) is 1.99. The van der Waals surface area contributed by atoms with E-state index in [9.17, 15) is 0 Å². The van der Waals surface area contributed by atoms with Gasteiger partial charge in [-0.3, -0.25) is 15.0 Å². The van der Waals surface area contributed by atoms with Gasteiger partial charge in [-0.15, -0.1) is 0 Å². The highest BCUT2D eigenvalue weighted by atomic mass is 16.5. The van der Waals surface area contributed by atoms with Crippen molar-refractivity contribution >= 4 is 11.9 Å². The summed E-state index contributed by atoms with van der Waals surface area (Å²) in [5, 5.41) is 0. The zero-order valence-corrected chi connectivity index (χ0v) is 9.79. The van der Waals surface area contributed by atoms with Crippen molar-refractivity contribution in [3.05, 3.63) is 48.0 Å². The second kappa shape index (κ2) is 5.21. The number of rotatable bonds is 3. The summed E-state index contributed by atoms with van der Waals surface area (Å²) >= 11 is 0. The minimum Gasteiger partial charge on any atom is -0.494 e. The molecule has 0 spiro atoms. The van der Waals surface area contributed by atoms with Crippen molar-refractivity contribution in [2.45, 2.75) is 6.92 Å². The van der Waals surface area contributed by atoms with Crippen molar-refractivity contribution in [3.63, 3.8) is 0 Å². The predicted octanol–water partition coefficient (Wildman–Crippen LogP) is 2.54. The van der Waals surface area contributed by atoms with Gasteiger partial charge in [-0.2, -0.15) is 0 Å². The number of methoxy groups -OCH3 is 1. The molecule has 4 nitrogen and oxygen atoms in total. The molecule has 0 fully saturated rings. The van der Waals surface area contributed by atoms with Gasteiger partial charge in [0.15, 0.2) is 0 Å². The molecule has 2 aromatic rings. The first-order valence-corrected chi connectivity index (χ1v) is 5.25. The monoisotopic (exact) mass is 227 g/mol. The number of nitrogens with zero attached hydrogens (tertiary/aromatic N) is 3. The maximum Gasteiger partial charge on any atom is 0.147 e. The molecule has 0 radical (unpaired) electrons. The van der Waals surface area contributed by atoms with E-state index in [1.807, 2.05) is 25.1 Å². The lowest BCUT2D eigenvalue weighted by Crippen LogP contribution is -1.89. The quantitative estimate of drug-likeness (QED) is 0.757. The highest BCUT2D eigenvalue weighted by Crippen LogP contribution is 2.30. The third kappa shape index (κ3) is 2.66. The van der Waals surface area contributed by atoms with Gasteiger partial charge in [-0.25, -0.2) is 0 Å². The van der Waals surface area contributed by atoms with Crippen LogP contribution in [0.15, 0.2) is 41.8 Å². The standard InChI is InChI=1S/C13H13N3O/c1-10-4-3-5-12(13(10)17-2)16-9-11-8-14-6-7-15-11/h3-9H,1-2H3/b16-9+. The SMILES string of the molecule is COc1c(C)cccc1/N=C/c1cnccn1. The topological polar surface area (TPSA) is 47.4 Å². The number of hydrogen-bond donors (Lipinski definition) is 0. The lowest BCUT2D eigenvalue weighted by Gasteiger charge is -2.06. The normalized spacial score (nSPS) is 10.7. The Bertz CT molecular complexity index is 523. The van der Waals surface area contributed by atoms with Crippen LogP contribution in [0.1, 0.15) is 11.3 Å². The molecule has 86 valence electrons. The predicted molar refractivity (Wildman–Crippen MR) is 67.0 cm³/mol. The molecule has 0 aliphatic rings. The molecular formula is C13H13N3O. The molecular weight excluding hydrogens is 214 g/mol. The van der Waals surface area contributed by atoms with Crippen LogP contribution >= 0.6 is 0 Å². The Morgan fingerprint density at radius 1 is 1.29 bits per heavy atom. The number of para-hydroxylation sites is 1. The highest BCUT2D eigenvalue weighted by molar-refractivity contribution is 5.80. The van der Waals surface area contributed by atoms with Crippen LogP contribution < -0.4 is 4.74 Å². The lowest BCUT2D eigenvalue weighted by molar-refractivity contribution is 0.413. The van der Waals surface area contributed by atoms with Crippen LogP contribution in [0.2, 0.25) is 0 Å². The molecule has 4 heteroatoms. The zero-order valence-electron chi connectivity index (χ0n) is 9.79. The summed E-state index contributed by atoms with van der Waals surface area (Å²) in [5.41, 5.74) is 2.57. The summed E-state index contributed by atoms with van der Waals surface area (Å²) in [6.07, 6.45) is 6.59. The maximum absolute atomic E-state index is 5.31. The van der Waals surface area contributed by atoms with Crippen LogP contribution in [0.5, 0.6) is 5.75 Å². The minimum atomic E-state index is 0.719. The zero-order chi connectivity index (χ0) is 12.1. The van der Waals surface area contributed by atoms with E-state index in [-0.39, 0.29) is 0 Å². The molecule has 2 rings (SSSR count). The fourth-order valence-electron chi connectivity index (χ4n) is 1.52.